The number of rotatable bonds is 4. The fourth-order valence-electron chi connectivity index (χ4n) is 2.57. The van der Waals surface area contributed by atoms with Gasteiger partial charge in [-0.3, -0.25) is 4.79 Å². The molecule has 0 heterocycles. The van der Waals surface area contributed by atoms with Gasteiger partial charge in [0, 0.05) is 6.04 Å². The summed E-state index contributed by atoms with van der Waals surface area (Å²) < 4.78 is 0. The van der Waals surface area contributed by atoms with E-state index in [-0.39, 0.29) is 5.91 Å². The molecule has 1 aliphatic rings. The molecule has 3 nitrogen and oxygen atoms in total. The molecule has 0 radical (unpaired) electrons. The molecule has 0 aromatic carbocycles. The summed E-state index contributed by atoms with van der Waals surface area (Å²) in [6, 6.07) is 0.334. The van der Waals surface area contributed by atoms with Crippen LogP contribution in [0.2, 0.25) is 0 Å². The van der Waals surface area contributed by atoms with Crippen LogP contribution >= 0.6 is 0 Å². The Labute approximate surface area is 105 Å². The Morgan fingerprint density at radius 1 is 1.53 bits per heavy atom. The van der Waals surface area contributed by atoms with Gasteiger partial charge < -0.3 is 10.2 Å². The molecule has 1 saturated carbocycles. The van der Waals surface area contributed by atoms with Gasteiger partial charge in [0.2, 0.25) is 5.91 Å². The van der Waals surface area contributed by atoms with Crippen molar-refractivity contribution in [3.8, 4) is 0 Å². The maximum atomic E-state index is 11.7. The Balaban J connectivity index is 2.45. The lowest BCUT2D eigenvalue weighted by molar-refractivity contribution is -0.122. The fourth-order valence-corrected chi connectivity index (χ4v) is 2.57. The Bertz CT molecular complexity index is 284. The van der Waals surface area contributed by atoms with Crippen LogP contribution in [0.5, 0.6) is 0 Å². The second-order valence-electron chi connectivity index (χ2n) is 5.79. The summed E-state index contributed by atoms with van der Waals surface area (Å²) in [7, 11) is 3.83. The molecule has 98 valence electrons. The second kappa shape index (κ2) is 6.20. The third kappa shape index (κ3) is 4.50. The van der Waals surface area contributed by atoms with Crippen molar-refractivity contribution >= 4 is 5.91 Å². The highest BCUT2D eigenvalue weighted by Crippen LogP contribution is 2.33. The quantitative estimate of drug-likeness (QED) is 0.760. The van der Waals surface area contributed by atoms with Gasteiger partial charge in [-0.05, 0) is 45.2 Å². The van der Waals surface area contributed by atoms with E-state index < -0.39 is 0 Å². The summed E-state index contributed by atoms with van der Waals surface area (Å²) in [5.41, 5.74) is 1.36. The number of allylic oxidation sites excluding steroid dienone is 1. The number of nitrogens with zero attached hydrogens (tertiary/aromatic N) is 1. The maximum absolute atomic E-state index is 11.7. The Morgan fingerprint density at radius 2 is 2.18 bits per heavy atom. The molecule has 0 aliphatic heterocycles. The van der Waals surface area contributed by atoms with Gasteiger partial charge in [-0.1, -0.05) is 26.0 Å². The van der Waals surface area contributed by atoms with E-state index in [1.165, 1.54) is 5.57 Å². The van der Waals surface area contributed by atoms with Crippen LogP contribution in [0, 0.1) is 11.8 Å². The third-order valence-corrected chi connectivity index (χ3v) is 3.51. The van der Waals surface area contributed by atoms with Crippen LogP contribution in [-0.4, -0.2) is 37.5 Å². The van der Waals surface area contributed by atoms with Crippen LogP contribution in [0.15, 0.2) is 12.2 Å². The summed E-state index contributed by atoms with van der Waals surface area (Å²) >= 11 is 0. The molecule has 3 heteroatoms. The number of amides is 1. The molecule has 2 atom stereocenters. The first-order valence-corrected chi connectivity index (χ1v) is 6.52. The summed E-state index contributed by atoms with van der Waals surface area (Å²) in [5.74, 6) is 1.32. The summed E-state index contributed by atoms with van der Waals surface area (Å²) in [4.78, 5) is 13.6. The highest BCUT2D eigenvalue weighted by Gasteiger charge is 2.27. The van der Waals surface area contributed by atoms with Crippen molar-refractivity contribution in [3.63, 3.8) is 0 Å². The highest BCUT2D eigenvalue weighted by atomic mass is 16.2. The van der Waals surface area contributed by atoms with Crippen LogP contribution in [0.4, 0.5) is 0 Å². The smallest absolute Gasteiger partial charge is 0.234 e. The lowest BCUT2D eigenvalue weighted by Crippen LogP contribution is -2.43. The predicted molar refractivity (Wildman–Crippen MR) is 71.8 cm³/mol. The minimum absolute atomic E-state index is 0.134. The minimum atomic E-state index is 0.134. The molecule has 1 rings (SSSR count). The zero-order valence-electron chi connectivity index (χ0n) is 11.6. The maximum Gasteiger partial charge on any atom is 0.234 e. The Morgan fingerprint density at radius 3 is 2.71 bits per heavy atom. The third-order valence-electron chi connectivity index (χ3n) is 3.51. The molecule has 0 aromatic rings. The first kappa shape index (κ1) is 14.2. The Hall–Kier alpha value is -0.830. The van der Waals surface area contributed by atoms with Gasteiger partial charge in [-0.2, -0.15) is 0 Å². The molecule has 2 unspecified atom stereocenters. The summed E-state index contributed by atoms with van der Waals surface area (Å²) in [6.07, 6.45) is 3.15. The molecule has 1 N–H and O–H groups in total. The monoisotopic (exact) mass is 238 g/mol. The lowest BCUT2D eigenvalue weighted by Gasteiger charge is -2.34. The summed E-state index contributed by atoms with van der Waals surface area (Å²) in [6.45, 7) is 9.11. The zero-order chi connectivity index (χ0) is 13.0. The average molecular weight is 238 g/mol. The van der Waals surface area contributed by atoms with Gasteiger partial charge in [0.15, 0.2) is 0 Å². The average Bonchev–Trinajstić information content (AvgIpc) is 2.19. The van der Waals surface area contributed by atoms with Crippen molar-refractivity contribution < 1.29 is 4.79 Å². The standard InChI is InChI=1S/C14H26N2O/c1-10(2)13-8-12(7-6-11(13)3)15-14(17)9-16(4)5/h10,12-13H,3,6-9H2,1-2,4-5H3,(H,15,17). The first-order valence-electron chi connectivity index (χ1n) is 6.52. The molecule has 0 bridgehead atoms. The molecule has 1 amide bonds. The van der Waals surface area contributed by atoms with E-state index in [0.29, 0.717) is 24.4 Å². The summed E-state index contributed by atoms with van der Waals surface area (Å²) in [5, 5.41) is 3.13. The van der Waals surface area contributed by atoms with Crippen molar-refractivity contribution in [1.29, 1.82) is 0 Å². The van der Waals surface area contributed by atoms with Crippen molar-refractivity contribution in [1.82, 2.24) is 10.2 Å². The van der Waals surface area contributed by atoms with E-state index in [1.807, 2.05) is 19.0 Å². The predicted octanol–water partition coefficient (Wildman–Crippen LogP) is 2.05. The SMILES string of the molecule is C=C1CCC(NC(=O)CN(C)C)CC1C(C)C. The largest absolute Gasteiger partial charge is 0.352 e. The van der Waals surface area contributed by atoms with Crippen LogP contribution in [-0.2, 0) is 4.79 Å². The first-order chi connectivity index (χ1) is 7.90. The molecule has 0 aromatic heterocycles. The van der Waals surface area contributed by atoms with Gasteiger partial charge in [0.25, 0.3) is 0 Å². The van der Waals surface area contributed by atoms with Crippen molar-refractivity contribution in [2.24, 2.45) is 11.8 Å². The fraction of sp³-hybridized carbons (Fsp3) is 0.786. The van der Waals surface area contributed by atoms with Gasteiger partial charge in [-0.15, -0.1) is 0 Å². The van der Waals surface area contributed by atoms with Crippen LogP contribution in [0.1, 0.15) is 33.1 Å². The molecule has 1 fully saturated rings. The number of likely N-dealkylation sites (N-methyl/N-ethyl adjacent to an activating group) is 1. The number of carbonyl (C=O) groups excluding carboxylic acids is 1. The van der Waals surface area contributed by atoms with E-state index in [4.69, 9.17) is 0 Å². The van der Waals surface area contributed by atoms with Crippen molar-refractivity contribution in [2.45, 2.75) is 39.2 Å². The molecular formula is C14H26N2O. The number of hydrogen-bond donors (Lipinski definition) is 1. The second-order valence-corrected chi connectivity index (χ2v) is 5.79. The van der Waals surface area contributed by atoms with E-state index >= 15 is 0 Å². The molecule has 0 saturated heterocycles. The minimum Gasteiger partial charge on any atom is -0.352 e. The van der Waals surface area contributed by atoms with Gasteiger partial charge in [0.05, 0.1) is 6.54 Å². The number of hydrogen-bond acceptors (Lipinski definition) is 2. The van der Waals surface area contributed by atoms with Crippen LogP contribution in [0.25, 0.3) is 0 Å². The van der Waals surface area contributed by atoms with E-state index in [2.05, 4.69) is 25.7 Å². The van der Waals surface area contributed by atoms with Crippen LogP contribution in [0.3, 0.4) is 0 Å². The van der Waals surface area contributed by atoms with E-state index in [1.54, 1.807) is 0 Å². The zero-order valence-corrected chi connectivity index (χ0v) is 11.6. The molecule has 17 heavy (non-hydrogen) atoms. The van der Waals surface area contributed by atoms with E-state index in [0.717, 1.165) is 19.3 Å². The number of nitrogens with one attached hydrogen (secondary N) is 1. The molecule has 0 spiro atoms. The number of carbonyl (C=O) groups is 1. The van der Waals surface area contributed by atoms with Gasteiger partial charge in [0.1, 0.15) is 0 Å². The van der Waals surface area contributed by atoms with Gasteiger partial charge >= 0.3 is 0 Å². The highest BCUT2D eigenvalue weighted by molar-refractivity contribution is 5.78. The van der Waals surface area contributed by atoms with E-state index in [9.17, 15) is 4.79 Å². The van der Waals surface area contributed by atoms with Crippen LogP contribution < -0.4 is 5.32 Å². The molecule has 1 aliphatic carbocycles. The normalized spacial score (nSPS) is 25.4. The van der Waals surface area contributed by atoms with Crippen molar-refractivity contribution in [3.05, 3.63) is 12.2 Å². The van der Waals surface area contributed by atoms with Gasteiger partial charge in [-0.25, -0.2) is 0 Å². The van der Waals surface area contributed by atoms with Crippen molar-refractivity contribution in [2.75, 3.05) is 20.6 Å². The Kier molecular flexibility index (Phi) is 5.19. The molecular weight excluding hydrogens is 212 g/mol. The topological polar surface area (TPSA) is 32.3 Å². The lowest BCUT2D eigenvalue weighted by atomic mass is 9.76.